The van der Waals surface area contributed by atoms with Crippen LogP contribution >= 0.6 is 47.0 Å². The van der Waals surface area contributed by atoms with Gasteiger partial charge in [0.1, 0.15) is 6.17 Å². The molecule has 0 radical (unpaired) electrons. The standard InChI is InChI=1S/C14H11Cl3N4O4S/c15-14(16,17)12(19-11(22)10-5-2-6-25-10)20-13(26)18-8-3-1-4-9(7-8)21(23)24/h1-7,12H,(H,19,22)(H2,18,20,26)/t12-/m1/s1. The number of rotatable bonds is 5. The Morgan fingerprint density at radius 3 is 2.54 bits per heavy atom. The van der Waals surface area contributed by atoms with Crippen LogP contribution in [0.25, 0.3) is 0 Å². The fourth-order valence-electron chi connectivity index (χ4n) is 1.81. The maximum Gasteiger partial charge on any atom is 0.288 e. The number of furan rings is 1. The predicted molar refractivity (Wildman–Crippen MR) is 103 cm³/mol. The van der Waals surface area contributed by atoms with Gasteiger partial charge in [0.2, 0.25) is 3.79 Å². The minimum absolute atomic E-state index is 0.0172. The molecule has 138 valence electrons. The van der Waals surface area contributed by atoms with E-state index in [-0.39, 0.29) is 16.6 Å². The minimum Gasteiger partial charge on any atom is -0.459 e. The number of nitro benzene ring substituents is 1. The minimum atomic E-state index is -1.95. The number of non-ortho nitro benzene ring substituents is 1. The molecule has 12 heteroatoms. The first-order chi connectivity index (χ1) is 12.2. The molecule has 2 rings (SSSR count). The lowest BCUT2D eigenvalue weighted by molar-refractivity contribution is -0.384. The molecule has 1 atom stereocenters. The maximum absolute atomic E-state index is 12.1. The highest BCUT2D eigenvalue weighted by Gasteiger charge is 2.35. The fraction of sp³-hybridized carbons (Fsp3) is 0.143. The lowest BCUT2D eigenvalue weighted by atomic mass is 10.3. The highest BCUT2D eigenvalue weighted by molar-refractivity contribution is 7.80. The molecule has 0 unspecified atom stereocenters. The summed E-state index contributed by atoms with van der Waals surface area (Å²) in [6.07, 6.45) is 0.116. The smallest absolute Gasteiger partial charge is 0.288 e. The molecule has 1 heterocycles. The first-order valence-corrected chi connectivity index (χ1v) is 8.44. The van der Waals surface area contributed by atoms with Crippen LogP contribution in [0.15, 0.2) is 47.1 Å². The van der Waals surface area contributed by atoms with Crippen molar-refractivity contribution in [3.8, 4) is 0 Å². The number of carbonyl (C=O) groups excluding carboxylic acids is 1. The zero-order valence-corrected chi connectivity index (χ0v) is 15.8. The predicted octanol–water partition coefficient (Wildman–Crippen LogP) is 3.60. The van der Waals surface area contributed by atoms with Gasteiger partial charge >= 0.3 is 0 Å². The summed E-state index contributed by atoms with van der Waals surface area (Å²) in [5.74, 6) is -0.611. The molecule has 0 aliphatic carbocycles. The first kappa shape index (κ1) is 20.2. The molecule has 2 aromatic rings. The second-order valence-electron chi connectivity index (χ2n) is 4.83. The number of benzene rings is 1. The second kappa shape index (κ2) is 8.54. The van der Waals surface area contributed by atoms with Gasteiger partial charge in [-0.1, -0.05) is 40.9 Å². The molecule has 26 heavy (non-hydrogen) atoms. The molecule has 3 N–H and O–H groups in total. The molecule has 0 saturated carbocycles. The number of hydrogen-bond acceptors (Lipinski definition) is 5. The van der Waals surface area contributed by atoms with E-state index in [1.807, 2.05) is 0 Å². The number of halogens is 3. The Morgan fingerprint density at radius 1 is 1.23 bits per heavy atom. The topological polar surface area (TPSA) is 109 Å². The van der Waals surface area contributed by atoms with Crippen molar-refractivity contribution >= 4 is 69.4 Å². The van der Waals surface area contributed by atoms with Gasteiger partial charge in [0, 0.05) is 17.8 Å². The van der Waals surface area contributed by atoms with Gasteiger partial charge in [-0.2, -0.15) is 0 Å². The lowest BCUT2D eigenvalue weighted by Crippen LogP contribution is -2.56. The average Bonchev–Trinajstić information content (AvgIpc) is 3.08. The highest BCUT2D eigenvalue weighted by Crippen LogP contribution is 2.29. The molecule has 0 aliphatic heterocycles. The van der Waals surface area contributed by atoms with Crippen LogP contribution in [-0.2, 0) is 0 Å². The monoisotopic (exact) mass is 436 g/mol. The van der Waals surface area contributed by atoms with Crippen LogP contribution in [0, 0.1) is 10.1 Å². The van der Waals surface area contributed by atoms with E-state index in [0.717, 1.165) is 0 Å². The van der Waals surface area contributed by atoms with E-state index in [1.165, 1.54) is 36.6 Å². The van der Waals surface area contributed by atoms with Crippen LogP contribution in [0.2, 0.25) is 0 Å². The van der Waals surface area contributed by atoms with Gasteiger partial charge in [-0.3, -0.25) is 14.9 Å². The van der Waals surface area contributed by atoms with Crippen LogP contribution in [0.5, 0.6) is 0 Å². The van der Waals surface area contributed by atoms with Crippen molar-refractivity contribution in [3.05, 3.63) is 58.5 Å². The van der Waals surface area contributed by atoms with E-state index in [0.29, 0.717) is 5.69 Å². The first-order valence-electron chi connectivity index (χ1n) is 6.90. The van der Waals surface area contributed by atoms with Crippen molar-refractivity contribution in [2.45, 2.75) is 9.96 Å². The molecule has 1 aromatic heterocycles. The van der Waals surface area contributed by atoms with Crippen LogP contribution in [0.3, 0.4) is 0 Å². The van der Waals surface area contributed by atoms with Crippen molar-refractivity contribution in [1.29, 1.82) is 0 Å². The fourth-order valence-corrected chi connectivity index (χ4v) is 2.37. The summed E-state index contributed by atoms with van der Waals surface area (Å²) in [5.41, 5.74) is 0.221. The van der Waals surface area contributed by atoms with Crippen molar-refractivity contribution < 1.29 is 14.1 Å². The van der Waals surface area contributed by atoms with Crippen LogP contribution in [-0.4, -0.2) is 25.9 Å². The zero-order chi connectivity index (χ0) is 19.3. The Kier molecular flexibility index (Phi) is 6.65. The molecule has 1 aromatic carbocycles. The van der Waals surface area contributed by atoms with Gasteiger partial charge in [0.05, 0.1) is 11.2 Å². The van der Waals surface area contributed by atoms with E-state index < -0.39 is 20.8 Å². The third-order valence-electron chi connectivity index (χ3n) is 2.94. The van der Waals surface area contributed by atoms with Crippen molar-refractivity contribution in [3.63, 3.8) is 0 Å². The molecule has 0 spiro atoms. The Balaban J connectivity index is 2.06. The van der Waals surface area contributed by atoms with Crippen molar-refractivity contribution in [2.75, 3.05) is 5.32 Å². The molecule has 0 fully saturated rings. The number of nitrogens with one attached hydrogen (secondary N) is 3. The maximum atomic E-state index is 12.1. The number of alkyl halides is 3. The summed E-state index contributed by atoms with van der Waals surface area (Å²) >= 11 is 22.7. The molecule has 1 amide bonds. The summed E-state index contributed by atoms with van der Waals surface area (Å²) in [4.78, 5) is 22.3. The van der Waals surface area contributed by atoms with Gasteiger partial charge in [-0.05, 0) is 30.4 Å². The number of carbonyl (C=O) groups is 1. The Labute approximate surface area is 167 Å². The van der Waals surface area contributed by atoms with Gasteiger partial charge in [-0.15, -0.1) is 0 Å². The van der Waals surface area contributed by atoms with Crippen LogP contribution in [0.1, 0.15) is 10.6 Å². The number of amides is 1. The summed E-state index contributed by atoms with van der Waals surface area (Å²) in [6.45, 7) is 0. The molecule has 0 bridgehead atoms. The lowest BCUT2D eigenvalue weighted by Gasteiger charge is -2.27. The SMILES string of the molecule is O=C(N[C@H](NC(=S)Nc1cccc([N+](=O)[O-])c1)C(Cl)(Cl)Cl)c1ccco1. The van der Waals surface area contributed by atoms with Gasteiger partial charge < -0.3 is 20.4 Å². The molecular formula is C14H11Cl3N4O4S. The Bertz CT molecular complexity index is 811. The molecule has 0 aliphatic rings. The highest BCUT2D eigenvalue weighted by atomic mass is 35.6. The largest absolute Gasteiger partial charge is 0.459 e. The van der Waals surface area contributed by atoms with E-state index in [2.05, 4.69) is 16.0 Å². The third-order valence-corrected chi connectivity index (χ3v) is 3.81. The van der Waals surface area contributed by atoms with E-state index in [4.69, 9.17) is 51.4 Å². The number of thiocarbonyl (C=S) groups is 1. The number of hydrogen-bond donors (Lipinski definition) is 3. The summed E-state index contributed by atoms with van der Waals surface area (Å²) < 4.78 is 3.02. The quantitative estimate of drug-likeness (QED) is 0.215. The van der Waals surface area contributed by atoms with Gasteiger partial charge in [0.15, 0.2) is 10.9 Å². The van der Waals surface area contributed by atoms with E-state index in [1.54, 1.807) is 6.07 Å². The molecule has 8 nitrogen and oxygen atoms in total. The van der Waals surface area contributed by atoms with Crippen LogP contribution < -0.4 is 16.0 Å². The van der Waals surface area contributed by atoms with Crippen molar-refractivity contribution in [1.82, 2.24) is 10.6 Å². The van der Waals surface area contributed by atoms with Gasteiger partial charge in [-0.25, -0.2) is 0 Å². The van der Waals surface area contributed by atoms with E-state index in [9.17, 15) is 14.9 Å². The summed E-state index contributed by atoms with van der Waals surface area (Å²) in [6, 6.07) is 8.61. The number of anilines is 1. The third kappa shape index (κ3) is 5.73. The van der Waals surface area contributed by atoms with Gasteiger partial charge in [0.25, 0.3) is 11.6 Å². The molecular weight excluding hydrogens is 427 g/mol. The number of nitro groups is 1. The van der Waals surface area contributed by atoms with E-state index >= 15 is 0 Å². The Morgan fingerprint density at radius 2 is 1.96 bits per heavy atom. The van der Waals surface area contributed by atoms with Crippen LogP contribution in [0.4, 0.5) is 11.4 Å². The normalized spacial score (nSPS) is 12.1. The molecule has 0 saturated heterocycles. The second-order valence-corrected chi connectivity index (χ2v) is 7.61. The zero-order valence-electron chi connectivity index (χ0n) is 12.7. The number of nitrogens with zero attached hydrogens (tertiary/aromatic N) is 1. The van der Waals surface area contributed by atoms with Crippen molar-refractivity contribution in [2.24, 2.45) is 0 Å². The summed E-state index contributed by atoms with van der Waals surface area (Å²) in [5, 5.41) is 18.5. The summed E-state index contributed by atoms with van der Waals surface area (Å²) in [7, 11) is 0. The Hall–Kier alpha value is -2.07. The average molecular weight is 438 g/mol.